The molecule has 0 aromatic heterocycles. The van der Waals surface area contributed by atoms with Gasteiger partial charge in [-0.05, 0) is 78.9 Å². The van der Waals surface area contributed by atoms with E-state index in [-0.39, 0.29) is 17.4 Å². The molecule has 3 N–H and O–H groups in total. The SMILES string of the molecule is COc1ccc(NC(=O)CSc2ccc(NC(=O)/C(=C/c3c(Cl)cccc3Cl)NC(=O)c3ccccc3)cc2)cc1. The normalized spacial score (nSPS) is 11.0. The highest BCUT2D eigenvalue weighted by atomic mass is 35.5. The van der Waals surface area contributed by atoms with Gasteiger partial charge in [0.15, 0.2) is 0 Å². The number of anilines is 2. The van der Waals surface area contributed by atoms with E-state index in [4.69, 9.17) is 27.9 Å². The van der Waals surface area contributed by atoms with E-state index >= 15 is 0 Å². The van der Waals surface area contributed by atoms with Crippen LogP contribution in [0.15, 0.2) is 108 Å². The maximum Gasteiger partial charge on any atom is 0.272 e. The van der Waals surface area contributed by atoms with Gasteiger partial charge in [0.25, 0.3) is 11.8 Å². The fourth-order valence-electron chi connectivity index (χ4n) is 3.59. The summed E-state index contributed by atoms with van der Waals surface area (Å²) in [6.45, 7) is 0. The van der Waals surface area contributed by atoms with Gasteiger partial charge in [0, 0.05) is 37.4 Å². The van der Waals surface area contributed by atoms with Gasteiger partial charge in [-0.15, -0.1) is 11.8 Å². The average molecular weight is 607 g/mol. The second kappa shape index (κ2) is 14.4. The largest absolute Gasteiger partial charge is 0.497 e. The number of hydrogen-bond acceptors (Lipinski definition) is 5. The van der Waals surface area contributed by atoms with Crippen molar-refractivity contribution >= 4 is 70.1 Å². The van der Waals surface area contributed by atoms with Crippen molar-refractivity contribution in [2.45, 2.75) is 4.90 Å². The van der Waals surface area contributed by atoms with Crippen LogP contribution in [0.5, 0.6) is 5.75 Å². The Kier molecular flexibility index (Phi) is 10.5. The molecule has 41 heavy (non-hydrogen) atoms. The molecule has 0 atom stereocenters. The van der Waals surface area contributed by atoms with Gasteiger partial charge in [-0.2, -0.15) is 0 Å². The van der Waals surface area contributed by atoms with Gasteiger partial charge in [0.05, 0.1) is 12.9 Å². The summed E-state index contributed by atoms with van der Waals surface area (Å²) in [5.74, 6) is -0.271. The molecule has 10 heteroatoms. The molecular formula is C31H25Cl2N3O4S. The lowest BCUT2D eigenvalue weighted by Gasteiger charge is -2.13. The van der Waals surface area contributed by atoms with Gasteiger partial charge in [-0.25, -0.2) is 0 Å². The number of halogens is 2. The summed E-state index contributed by atoms with van der Waals surface area (Å²) in [5, 5.41) is 8.94. The molecule has 0 aliphatic rings. The standard InChI is InChI=1S/C31H25Cl2N3O4S/c1-40-23-14-10-21(11-15-23)34-29(37)19-41-24-16-12-22(13-17-24)35-31(39)28(18-25-26(32)8-5-9-27(25)33)36-30(38)20-6-3-2-4-7-20/h2-18H,19H2,1H3,(H,34,37)(H,35,39)(H,36,38)/b28-18-. The predicted molar refractivity (Wildman–Crippen MR) is 166 cm³/mol. The van der Waals surface area contributed by atoms with Crippen LogP contribution in [0.2, 0.25) is 10.0 Å². The molecule has 3 amide bonds. The van der Waals surface area contributed by atoms with Crippen LogP contribution in [-0.4, -0.2) is 30.6 Å². The molecule has 0 saturated carbocycles. The van der Waals surface area contributed by atoms with Crippen LogP contribution in [0.4, 0.5) is 11.4 Å². The summed E-state index contributed by atoms with van der Waals surface area (Å²) in [6.07, 6.45) is 1.44. The molecule has 4 rings (SSSR count). The number of carbonyl (C=O) groups excluding carboxylic acids is 3. The highest BCUT2D eigenvalue weighted by Gasteiger charge is 2.17. The number of amides is 3. The zero-order chi connectivity index (χ0) is 29.2. The number of carbonyl (C=O) groups is 3. The van der Waals surface area contributed by atoms with E-state index in [1.165, 1.54) is 17.8 Å². The van der Waals surface area contributed by atoms with Gasteiger partial charge < -0.3 is 20.7 Å². The van der Waals surface area contributed by atoms with Crippen LogP contribution in [0.1, 0.15) is 15.9 Å². The molecule has 0 unspecified atom stereocenters. The smallest absolute Gasteiger partial charge is 0.272 e. The number of benzene rings is 4. The molecule has 0 bridgehead atoms. The first kappa shape index (κ1) is 29.7. The van der Waals surface area contributed by atoms with E-state index in [0.29, 0.717) is 38.3 Å². The molecule has 4 aromatic rings. The summed E-state index contributed by atoms with van der Waals surface area (Å²) >= 11 is 14.0. The van der Waals surface area contributed by atoms with Crippen LogP contribution < -0.4 is 20.7 Å². The summed E-state index contributed by atoms with van der Waals surface area (Å²) in [7, 11) is 1.58. The topological polar surface area (TPSA) is 96.5 Å². The molecule has 7 nitrogen and oxygen atoms in total. The lowest BCUT2D eigenvalue weighted by atomic mass is 10.1. The first-order chi connectivity index (χ1) is 19.8. The van der Waals surface area contributed by atoms with Crippen molar-refractivity contribution in [3.8, 4) is 5.75 Å². The van der Waals surface area contributed by atoms with Crippen LogP contribution in [0.3, 0.4) is 0 Å². The second-order valence-electron chi connectivity index (χ2n) is 8.56. The monoisotopic (exact) mass is 605 g/mol. The number of ether oxygens (including phenoxy) is 1. The van der Waals surface area contributed by atoms with Gasteiger partial charge >= 0.3 is 0 Å². The maximum atomic E-state index is 13.3. The third-order valence-electron chi connectivity index (χ3n) is 5.67. The van der Waals surface area contributed by atoms with E-state index in [0.717, 1.165) is 4.90 Å². The Morgan fingerprint density at radius 2 is 1.39 bits per heavy atom. The number of methoxy groups -OCH3 is 1. The van der Waals surface area contributed by atoms with Crippen LogP contribution >= 0.6 is 35.0 Å². The van der Waals surface area contributed by atoms with Gasteiger partial charge in [0.1, 0.15) is 11.4 Å². The van der Waals surface area contributed by atoms with Crippen molar-refractivity contribution in [1.82, 2.24) is 5.32 Å². The molecule has 0 heterocycles. The zero-order valence-corrected chi connectivity index (χ0v) is 24.1. The van der Waals surface area contributed by atoms with Crippen LogP contribution in [0, 0.1) is 0 Å². The number of nitrogens with one attached hydrogen (secondary N) is 3. The molecular weight excluding hydrogens is 581 g/mol. The van der Waals surface area contributed by atoms with Crippen molar-refractivity contribution in [2.75, 3.05) is 23.5 Å². The number of hydrogen-bond donors (Lipinski definition) is 3. The zero-order valence-electron chi connectivity index (χ0n) is 21.8. The van der Waals surface area contributed by atoms with Crippen molar-refractivity contribution in [3.05, 3.63) is 124 Å². The first-order valence-electron chi connectivity index (χ1n) is 12.3. The lowest BCUT2D eigenvalue weighted by molar-refractivity contribution is -0.114. The highest BCUT2D eigenvalue weighted by molar-refractivity contribution is 8.00. The third-order valence-corrected chi connectivity index (χ3v) is 7.34. The third kappa shape index (κ3) is 8.62. The highest BCUT2D eigenvalue weighted by Crippen LogP contribution is 2.27. The van der Waals surface area contributed by atoms with Crippen LogP contribution in [-0.2, 0) is 9.59 Å². The molecule has 0 radical (unpaired) electrons. The lowest BCUT2D eigenvalue weighted by Crippen LogP contribution is -2.30. The second-order valence-corrected chi connectivity index (χ2v) is 10.4. The Morgan fingerprint density at radius 1 is 0.780 bits per heavy atom. The van der Waals surface area contributed by atoms with Crippen LogP contribution in [0.25, 0.3) is 6.08 Å². The molecule has 0 aliphatic heterocycles. The molecule has 0 saturated heterocycles. The van der Waals surface area contributed by atoms with E-state index < -0.39 is 11.8 Å². The Labute approximate surface area is 251 Å². The fourth-order valence-corrected chi connectivity index (χ4v) is 4.79. The van der Waals surface area contributed by atoms with E-state index in [1.807, 2.05) is 0 Å². The maximum absolute atomic E-state index is 13.3. The molecule has 0 spiro atoms. The van der Waals surface area contributed by atoms with Gasteiger partial charge in [-0.3, -0.25) is 14.4 Å². The Bertz CT molecular complexity index is 1540. The minimum Gasteiger partial charge on any atom is -0.497 e. The minimum atomic E-state index is -0.565. The van der Waals surface area contributed by atoms with Crippen molar-refractivity contribution < 1.29 is 19.1 Å². The van der Waals surface area contributed by atoms with E-state index in [1.54, 1.807) is 104 Å². The van der Waals surface area contributed by atoms with E-state index in [2.05, 4.69) is 16.0 Å². The summed E-state index contributed by atoms with van der Waals surface area (Å²) in [5.41, 5.74) is 1.91. The summed E-state index contributed by atoms with van der Waals surface area (Å²) < 4.78 is 5.12. The van der Waals surface area contributed by atoms with Gasteiger partial charge in [0.2, 0.25) is 5.91 Å². The minimum absolute atomic E-state index is 0.0393. The number of rotatable bonds is 10. The molecule has 208 valence electrons. The Hall–Kier alpha value is -4.24. The first-order valence-corrected chi connectivity index (χ1v) is 14.1. The quantitative estimate of drug-likeness (QED) is 0.132. The Balaban J connectivity index is 1.42. The molecule has 4 aromatic carbocycles. The Morgan fingerprint density at radius 3 is 2.02 bits per heavy atom. The van der Waals surface area contributed by atoms with Gasteiger partial charge in [-0.1, -0.05) is 47.5 Å². The fraction of sp³-hybridized carbons (Fsp3) is 0.0645. The van der Waals surface area contributed by atoms with Crippen molar-refractivity contribution in [1.29, 1.82) is 0 Å². The summed E-state index contributed by atoms with van der Waals surface area (Å²) in [6, 6.07) is 27.6. The number of thioether (sulfide) groups is 1. The molecule has 0 fully saturated rings. The van der Waals surface area contributed by atoms with Crippen molar-refractivity contribution in [3.63, 3.8) is 0 Å². The predicted octanol–water partition coefficient (Wildman–Crippen LogP) is 7.14. The molecule has 0 aliphatic carbocycles. The van der Waals surface area contributed by atoms with E-state index in [9.17, 15) is 14.4 Å². The van der Waals surface area contributed by atoms with Crippen molar-refractivity contribution in [2.24, 2.45) is 0 Å². The summed E-state index contributed by atoms with van der Waals surface area (Å²) in [4.78, 5) is 39.3. The average Bonchev–Trinajstić information content (AvgIpc) is 2.99.